The summed E-state index contributed by atoms with van der Waals surface area (Å²) < 4.78 is 2.30. The van der Waals surface area contributed by atoms with Crippen LogP contribution in [0.4, 0.5) is 17.1 Å². The minimum absolute atomic E-state index is 0.695. The highest BCUT2D eigenvalue weighted by Crippen LogP contribution is 2.43. The van der Waals surface area contributed by atoms with Crippen LogP contribution in [0.3, 0.4) is 0 Å². The summed E-state index contributed by atoms with van der Waals surface area (Å²) in [6.07, 6.45) is 4.47. The van der Waals surface area contributed by atoms with E-state index < -0.39 is 0 Å². The Kier molecular flexibility index (Phi) is 7.10. The van der Waals surface area contributed by atoms with Crippen LogP contribution in [-0.2, 0) is 0 Å². The molecule has 0 saturated heterocycles. The van der Waals surface area contributed by atoms with Crippen molar-refractivity contribution in [1.82, 2.24) is 14.5 Å². The first-order valence-corrected chi connectivity index (χ1v) is 17.6. The predicted octanol–water partition coefficient (Wildman–Crippen LogP) is 12.5. The fraction of sp³-hybridized carbons (Fsp3) is 0. The third kappa shape index (κ3) is 5.09. The largest absolute Gasteiger partial charge is 0.309 e. The molecule has 1 aliphatic heterocycles. The van der Waals surface area contributed by atoms with Gasteiger partial charge < -0.3 is 4.90 Å². The van der Waals surface area contributed by atoms with E-state index >= 15 is 0 Å². The van der Waals surface area contributed by atoms with Gasteiger partial charge in [0.2, 0.25) is 0 Å². The number of anilines is 3. The molecule has 7 aromatic carbocycles. The van der Waals surface area contributed by atoms with Gasteiger partial charge in [0.1, 0.15) is 5.82 Å². The Labute approximate surface area is 302 Å². The van der Waals surface area contributed by atoms with Crippen molar-refractivity contribution in [2.75, 3.05) is 4.90 Å². The third-order valence-corrected chi connectivity index (χ3v) is 9.95. The normalized spacial score (nSPS) is 12.1. The first-order chi connectivity index (χ1) is 25.8. The van der Waals surface area contributed by atoms with E-state index in [1.54, 1.807) is 0 Å². The van der Waals surface area contributed by atoms with Gasteiger partial charge in [-0.05, 0) is 64.7 Å². The Bertz CT molecular complexity index is 2730. The topological polar surface area (TPSA) is 34.0 Å². The number of rotatable bonds is 5. The van der Waals surface area contributed by atoms with E-state index in [1.807, 2.05) is 24.3 Å². The van der Waals surface area contributed by atoms with Crippen LogP contribution < -0.4 is 4.90 Å². The second kappa shape index (κ2) is 12.4. The first-order valence-electron chi connectivity index (χ1n) is 17.6. The van der Waals surface area contributed by atoms with E-state index in [2.05, 4.69) is 179 Å². The van der Waals surface area contributed by atoms with E-state index in [4.69, 9.17) is 9.97 Å². The molecule has 244 valence electrons. The van der Waals surface area contributed by atoms with Crippen molar-refractivity contribution in [3.05, 3.63) is 193 Å². The van der Waals surface area contributed by atoms with E-state index in [9.17, 15) is 0 Å². The van der Waals surface area contributed by atoms with Gasteiger partial charge in [-0.3, -0.25) is 4.57 Å². The number of benzene rings is 7. The van der Waals surface area contributed by atoms with Gasteiger partial charge in [0.25, 0.3) is 0 Å². The van der Waals surface area contributed by atoms with Crippen LogP contribution in [0.2, 0.25) is 0 Å². The average Bonchev–Trinajstić information content (AvgIpc) is 3.45. The number of para-hydroxylation sites is 3. The van der Waals surface area contributed by atoms with Gasteiger partial charge in [-0.1, -0.05) is 146 Å². The van der Waals surface area contributed by atoms with Crippen molar-refractivity contribution in [3.8, 4) is 39.6 Å². The van der Waals surface area contributed by atoms with Gasteiger partial charge in [-0.2, -0.15) is 0 Å². The number of hydrogen-bond acceptors (Lipinski definition) is 3. The second-order valence-corrected chi connectivity index (χ2v) is 13.1. The number of nitrogens with zero attached hydrogens (tertiary/aromatic N) is 4. The van der Waals surface area contributed by atoms with Gasteiger partial charge in [0, 0.05) is 33.7 Å². The smallest absolute Gasteiger partial charge is 0.162 e. The minimum Gasteiger partial charge on any atom is -0.309 e. The summed E-state index contributed by atoms with van der Waals surface area (Å²) in [6, 6.07) is 64.1. The molecular formula is C48H32N4. The van der Waals surface area contributed by atoms with Crippen molar-refractivity contribution < 1.29 is 0 Å². The standard InChI is InChI=1S/C48H32N4/c1-4-14-33(15-5-1)42-32-47(50-48(49-42)35-17-6-2-7-18-35)52-45-23-13-11-21-40(45)41-28-26-37(31-46(41)52)36-27-29-44-38(30-36)25-24-34-16-10-12-22-43(34)51(44)39-19-8-3-9-20-39/h1-32H. The number of fused-ring (bicyclic) bond motifs is 5. The zero-order valence-electron chi connectivity index (χ0n) is 28.3. The quantitative estimate of drug-likeness (QED) is 0.184. The monoisotopic (exact) mass is 664 g/mol. The lowest BCUT2D eigenvalue weighted by Crippen LogP contribution is -2.11. The van der Waals surface area contributed by atoms with E-state index in [0.717, 1.165) is 67.4 Å². The molecule has 0 spiro atoms. The van der Waals surface area contributed by atoms with Crippen LogP contribution in [0.25, 0.3) is 73.5 Å². The van der Waals surface area contributed by atoms with Crippen LogP contribution in [0.1, 0.15) is 11.1 Å². The molecule has 0 amide bonds. The molecule has 4 nitrogen and oxygen atoms in total. The van der Waals surface area contributed by atoms with Crippen LogP contribution in [0.5, 0.6) is 0 Å². The molecule has 0 saturated carbocycles. The molecule has 9 aromatic rings. The molecule has 10 rings (SSSR count). The first kappa shape index (κ1) is 29.8. The van der Waals surface area contributed by atoms with Gasteiger partial charge in [0.05, 0.1) is 28.1 Å². The van der Waals surface area contributed by atoms with Crippen LogP contribution in [0, 0.1) is 0 Å². The lowest BCUT2D eigenvalue weighted by Gasteiger charge is -2.27. The van der Waals surface area contributed by atoms with Gasteiger partial charge >= 0.3 is 0 Å². The Hall–Kier alpha value is -7.04. The third-order valence-electron chi connectivity index (χ3n) is 9.95. The molecule has 52 heavy (non-hydrogen) atoms. The van der Waals surface area contributed by atoms with Gasteiger partial charge in [-0.15, -0.1) is 0 Å². The van der Waals surface area contributed by atoms with E-state index in [1.165, 1.54) is 16.3 Å². The fourth-order valence-electron chi connectivity index (χ4n) is 7.49. The maximum absolute atomic E-state index is 5.24. The Morgan fingerprint density at radius 2 is 1.00 bits per heavy atom. The summed E-state index contributed by atoms with van der Waals surface area (Å²) in [7, 11) is 0. The molecule has 0 unspecified atom stereocenters. The number of hydrogen-bond donors (Lipinski definition) is 0. The molecule has 4 heteroatoms. The molecule has 0 atom stereocenters. The molecular weight excluding hydrogens is 633 g/mol. The summed E-state index contributed by atoms with van der Waals surface area (Å²) in [4.78, 5) is 12.7. The van der Waals surface area contributed by atoms with Crippen molar-refractivity contribution in [2.45, 2.75) is 0 Å². The van der Waals surface area contributed by atoms with Crippen LogP contribution in [-0.4, -0.2) is 14.5 Å². The Morgan fingerprint density at radius 1 is 0.385 bits per heavy atom. The molecule has 0 N–H and O–H groups in total. The summed E-state index contributed by atoms with van der Waals surface area (Å²) in [5.74, 6) is 1.53. The lowest BCUT2D eigenvalue weighted by atomic mass is 9.99. The molecule has 0 radical (unpaired) electrons. The van der Waals surface area contributed by atoms with Crippen molar-refractivity contribution in [2.24, 2.45) is 0 Å². The Balaban J connectivity index is 1.16. The summed E-state index contributed by atoms with van der Waals surface area (Å²) in [5.41, 5.74) is 13.2. The summed E-state index contributed by atoms with van der Waals surface area (Å²) >= 11 is 0. The molecule has 3 heterocycles. The predicted molar refractivity (Wildman–Crippen MR) is 216 cm³/mol. The summed E-state index contributed by atoms with van der Waals surface area (Å²) in [5, 5.41) is 2.37. The second-order valence-electron chi connectivity index (χ2n) is 13.1. The van der Waals surface area contributed by atoms with Crippen molar-refractivity contribution in [3.63, 3.8) is 0 Å². The zero-order valence-corrected chi connectivity index (χ0v) is 28.3. The highest BCUT2D eigenvalue weighted by atomic mass is 15.1. The number of aromatic nitrogens is 3. The average molecular weight is 665 g/mol. The molecule has 0 fully saturated rings. The van der Waals surface area contributed by atoms with Crippen molar-refractivity contribution >= 4 is 51.0 Å². The highest BCUT2D eigenvalue weighted by molar-refractivity contribution is 6.10. The zero-order chi connectivity index (χ0) is 34.4. The SMILES string of the molecule is C1=Cc2cc(-c3ccc4c5ccccc5n(-c5cc(-c6ccccc6)nc(-c6ccccc6)n5)c4c3)ccc2N(c2ccccc2)c2ccccc21. The molecule has 1 aliphatic rings. The van der Waals surface area contributed by atoms with E-state index in [0.29, 0.717) is 5.82 Å². The Morgan fingerprint density at radius 3 is 1.83 bits per heavy atom. The van der Waals surface area contributed by atoms with Crippen LogP contribution >= 0.6 is 0 Å². The van der Waals surface area contributed by atoms with Gasteiger partial charge in [-0.25, -0.2) is 9.97 Å². The summed E-state index contributed by atoms with van der Waals surface area (Å²) in [6.45, 7) is 0. The highest BCUT2D eigenvalue weighted by Gasteiger charge is 2.21. The lowest BCUT2D eigenvalue weighted by molar-refractivity contribution is 1.05. The molecule has 2 aromatic heterocycles. The molecule has 0 bridgehead atoms. The van der Waals surface area contributed by atoms with Crippen molar-refractivity contribution in [1.29, 1.82) is 0 Å². The van der Waals surface area contributed by atoms with E-state index in [-0.39, 0.29) is 0 Å². The molecule has 0 aliphatic carbocycles. The fourth-order valence-corrected chi connectivity index (χ4v) is 7.49. The minimum atomic E-state index is 0.695. The van der Waals surface area contributed by atoms with Crippen LogP contribution in [0.15, 0.2) is 182 Å². The maximum atomic E-state index is 5.24. The maximum Gasteiger partial charge on any atom is 0.162 e. The van der Waals surface area contributed by atoms with Gasteiger partial charge in [0.15, 0.2) is 5.82 Å².